The zero-order chi connectivity index (χ0) is 17.7. The Labute approximate surface area is 138 Å². The second-order valence-corrected chi connectivity index (χ2v) is 5.20. The monoisotopic (exact) mass is 332 g/mol. The Kier molecular flexibility index (Phi) is 5.41. The molecule has 0 fully saturated rings. The van der Waals surface area contributed by atoms with Crippen molar-refractivity contribution in [3.05, 3.63) is 56.7 Å². The summed E-state index contributed by atoms with van der Waals surface area (Å²) in [6.45, 7) is 2.48. The van der Waals surface area contributed by atoms with E-state index < -0.39 is 11.2 Å². The highest BCUT2D eigenvalue weighted by atomic mass is 16.5. The van der Waals surface area contributed by atoms with Crippen LogP contribution in [0.1, 0.15) is 12.5 Å². The molecule has 2 N–H and O–H groups in total. The van der Waals surface area contributed by atoms with Crippen molar-refractivity contribution >= 4 is 11.7 Å². The summed E-state index contributed by atoms with van der Waals surface area (Å²) < 4.78 is 7.55. The molecule has 0 unspecified atom stereocenters. The molecule has 0 aliphatic carbocycles. The van der Waals surface area contributed by atoms with Crippen LogP contribution in [-0.2, 0) is 25.3 Å². The fourth-order valence-electron chi connectivity index (χ4n) is 2.09. The lowest BCUT2D eigenvalue weighted by Gasteiger charge is -2.12. The molecule has 0 saturated heterocycles. The fourth-order valence-corrected chi connectivity index (χ4v) is 2.09. The van der Waals surface area contributed by atoms with Gasteiger partial charge in [0.25, 0.3) is 5.56 Å². The number of benzene rings is 1. The highest BCUT2D eigenvalue weighted by molar-refractivity contribution is 5.79. The first-order valence-corrected chi connectivity index (χ1v) is 7.46. The minimum Gasteiger partial charge on any atom is -0.494 e. The molecule has 0 radical (unpaired) electrons. The van der Waals surface area contributed by atoms with Crippen LogP contribution >= 0.6 is 0 Å². The van der Waals surface area contributed by atoms with Gasteiger partial charge >= 0.3 is 5.69 Å². The van der Waals surface area contributed by atoms with Gasteiger partial charge in [0.1, 0.15) is 11.6 Å². The van der Waals surface area contributed by atoms with E-state index in [1.54, 1.807) is 24.3 Å². The van der Waals surface area contributed by atoms with E-state index in [1.807, 2.05) is 6.92 Å². The summed E-state index contributed by atoms with van der Waals surface area (Å²) in [5, 5.41) is 0. The van der Waals surface area contributed by atoms with Crippen molar-refractivity contribution in [2.45, 2.75) is 13.3 Å². The lowest BCUT2D eigenvalue weighted by Crippen LogP contribution is -2.40. The molecule has 8 nitrogen and oxygen atoms in total. The molecule has 1 aromatic heterocycles. The summed E-state index contributed by atoms with van der Waals surface area (Å²) in [6.07, 6.45) is 0.151. The van der Waals surface area contributed by atoms with Crippen molar-refractivity contribution in [3.63, 3.8) is 0 Å². The van der Waals surface area contributed by atoms with Crippen molar-refractivity contribution in [2.24, 2.45) is 14.1 Å². The molecule has 1 heterocycles. The van der Waals surface area contributed by atoms with E-state index in [1.165, 1.54) is 24.7 Å². The molecule has 2 aromatic rings. The number of ether oxygens (including phenoxy) is 1. The number of nitrogens with one attached hydrogen (secondary N) is 2. The largest absolute Gasteiger partial charge is 0.494 e. The van der Waals surface area contributed by atoms with Crippen molar-refractivity contribution in [1.82, 2.24) is 14.6 Å². The maximum absolute atomic E-state index is 12.0. The van der Waals surface area contributed by atoms with Crippen LogP contribution in [0.5, 0.6) is 5.75 Å². The van der Waals surface area contributed by atoms with E-state index in [4.69, 9.17) is 4.74 Å². The number of amides is 1. The third kappa shape index (κ3) is 4.03. The summed E-state index contributed by atoms with van der Waals surface area (Å²) in [4.78, 5) is 35.4. The number of nitrogens with zero attached hydrogens (tertiary/aromatic N) is 2. The standard InChI is InChI=1S/C16H20N4O4/c1-4-24-12-7-5-11(6-8-12)9-14(21)18-17-13-10-15(22)20(3)16(23)19(13)2/h5-8,10,17H,4,9H2,1-3H3,(H,18,21). The zero-order valence-electron chi connectivity index (χ0n) is 13.8. The van der Waals surface area contributed by atoms with E-state index in [-0.39, 0.29) is 18.1 Å². The van der Waals surface area contributed by atoms with Crippen LogP contribution in [0.25, 0.3) is 0 Å². The minimum absolute atomic E-state index is 0.151. The second kappa shape index (κ2) is 7.49. The lowest BCUT2D eigenvalue weighted by atomic mass is 10.1. The molecule has 0 saturated carbocycles. The Morgan fingerprint density at radius 3 is 2.42 bits per heavy atom. The summed E-state index contributed by atoms with van der Waals surface area (Å²) in [7, 11) is 2.89. The smallest absolute Gasteiger partial charge is 0.332 e. The number of hydrogen-bond donors (Lipinski definition) is 2. The van der Waals surface area contributed by atoms with Gasteiger partial charge in [-0.2, -0.15) is 0 Å². The maximum Gasteiger partial charge on any atom is 0.332 e. The Morgan fingerprint density at radius 1 is 1.12 bits per heavy atom. The number of aromatic nitrogens is 2. The van der Waals surface area contributed by atoms with Gasteiger partial charge in [0, 0.05) is 20.2 Å². The molecule has 8 heteroatoms. The van der Waals surface area contributed by atoms with Crippen molar-refractivity contribution < 1.29 is 9.53 Å². The van der Waals surface area contributed by atoms with Gasteiger partial charge in [-0.3, -0.25) is 29.6 Å². The van der Waals surface area contributed by atoms with E-state index >= 15 is 0 Å². The average Bonchev–Trinajstić information content (AvgIpc) is 2.57. The van der Waals surface area contributed by atoms with E-state index in [0.29, 0.717) is 6.61 Å². The first-order chi connectivity index (χ1) is 11.4. The van der Waals surface area contributed by atoms with Crippen molar-refractivity contribution in [1.29, 1.82) is 0 Å². The van der Waals surface area contributed by atoms with Crippen LogP contribution in [0.4, 0.5) is 5.82 Å². The Morgan fingerprint density at radius 2 is 1.79 bits per heavy atom. The van der Waals surface area contributed by atoms with Crippen LogP contribution in [0.15, 0.2) is 39.9 Å². The number of carbonyl (C=O) groups excluding carboxylic acids is 1. The molecule has 1 amide bonds. The summed E-state index contributed by atoms with van der Waals surface area (Å²) in [6, 6.07) is 8.43. The van der Waals surface area contributed by atoms with Gasteiger partial charge in [0.2, 0.25) is 5.91 Å². The van der Waals surface area contributed by atoms with E-state index in [9.17, 15) is 14.4 Å². The first-order valence-electron chi connectivity index (χ1n) is 7.46. The van der Waals surface area contributed by atoms with E-state index in [0.717, 1.165) is 15.9 Å². The fraction of sp³-hybridized carbons (Fsp3) is 0.312. The number of anilines is 1. The van der Waals surface area contributed by atoms with Gasteiger partial charge < -0.3 is 4.74 Å². The quantitative estimate of drug-likeness (QED) is 0.736. The average molecular weight is 332 g/mol. The number of carbonyl (C=O) groups is 1. The normalized spacial score (nSPS) is 10.3. The summed E-state index contributed by atoms with van der Waals surface area (Å²) in [5.74, 6) is 0.658. The topological polar surface area (TPSA) is 94.4 Å². The van der Waals surface area contributed by atoms with Gasteiger partial charge in [-0.15, -0.1) is 0 Å². The molecule has 0 aliphatic heterocycles. The zero-order valence-corrected chi connectivity index (χ0v) is 13.8. The molecule has 1 aromatic carbocycles. The first kappa shape index (κ1) is 17.3. The number of rotatable bonds is 6. The Bertz CT molecular complexity index is 837. The Balaban J connectivity index is 1.99. The maximum atomic E-state index is 12.0. The number of hydrazine groups is 1. The van der Waals surface area contributed by atoms with Gasteiger partial charge in [-0.1, -0.05) is 12.1 Å². The molecule has 0 bridgehead atoms. The highest BCUT2D eigenvalue weighted by Gasteiger charge is 2.08. The van der Waals surface area contributed by atoms with Crippen LogP contribution < -0.4 is 26.8 Å². The van der Waals surface area contributed by atoms with Crippen LogP contribution in [0.2, 0.25) is 0 Å². The lowest BCUT2D eigenvalue weighted by molar-refractivity contribution is -0.119. The van der Waals surface area contributed by atoms with Crippen LogP contribution in [0.3, 0.4) is 0 Å². The minimum atomic E-state index is -0.481. The highest BCUT2D eigenvalue weighted by Crippen LogP contribution is 2.12. The van der Waals surface area contributed by atoms with Gasteiger partial charge in [-0.05, 0) is 24.6 Å². The van der Waals surface area contributed by atoms with Crippen LogP contribution in [-0.4, -0.2) is 21.6 Å². The molecular formula is C16H20N4O4. The SMILES string of the molecule is CCOc1ccc(CC(=O)NNc2cc(=O)n(C)c(=O)n2C)cc1. The second-order valence-electron chi connectivity index (χ2n) is 5.20. The van der Waals surface area contributed by atoms with Crippen LogP contribution in [0, 0.1) is 0 Å². The molecule has 24 heavy (non-hydrogen) atoms. The molecular weight excluding hydrogens is 312 g/mol. The summed E-state index contributed by atoms with van der Waals surface area (Å²) >= 11 is 0. The Hall–Kier alpha value is -3.03. The molecule has 128 valence electrons. The van der Waals surface area contributed by atoms with Gasteiger partial charge in [-0.25, -0.2) is 4.79 Å². The predicted octanol–water partition coefficient (Wildman–Crippen LogP) is 0.169. The number of hydrogen-bond acceptors (Lipinski definition) is 5. The molecule has 2 rings (SSSR count). The molecule has 0 aliphatic rings. The van der Waals surface area contributed by atoms with Gasteiger partial charge in [0.05, 0.1) is 13.0 Å². The van der Waals surface area contributed by atoms with Gasteiger partial charge in [0.15, 0.2) is 0 Å². The predicted molar refractivity (Wildman–Crippen MR) is 90.0 cm³/mol. The summed E-state index contributed by atoms with van der Waals surface area (Å²) in [5.41, 5.74) is 4.95. The van der Waals surface area contributed by atoms with Crippen molar-refractivity contribution in [2.75, 3.05) is 12.0 Å². The van der Waals surface area contributed by atoms with Crippen molar-refractivity contribution in [3.8, 4) is 5.75 Å². The van der Waals surface area contributed by atoms with E-state index in [2.05, 4.69) is 10.9 Å². The third-order valence-corrected chi connectivity index (χ3v) is 3.46. The third-order valence-electron chi connectivity index (χ3n) is 3.46. The molecule has 0 atom stereocenters. The molecule has 0 spiro atoms.